The smallest absolute Gasteiger partial charge is 0.418 e. The number of carbonyl (C=O) groups is 1. The number of hydrogen-bond donors (Lipinski definition) is 0. The fourth-order valence-electron chi connectivity index (χ4n) is 1.85. The van der Waals surface area contributed by atoms with Gasteiger partial charge in [-0.2, -0.15) is 13.2 Å². The van der Waals surface area contributed by atoms with E-state index < -0.39 is 33.4 Å². The first-order valence-corrected chi connectivity index (χ1v) is 7.31. The average molecular weight is 333 g/mol. The topological polar surface area (TPSA) is 65.4 Å². The number of nitrogens with zero attached hydrogens (tertiary/aromatic N) is 1. The van der Waals surface area contributed by atoms with Crippen LogP contribution in [0, 0.1) is 0 Å². The van der Waals surface area contributed by atoms with Gasteiger partial charge >= 0.3 is 12.1 Å². The highest BCUT2D eigenvalue weighted by molar-refractivity contribution is 7.90. The van der Waals surface area contributed by atoms with Crippen LogP contribution in [0.1, 0.15) is 16.1 Å². The van der Waals surface area contributed by atoms with Crippen LogP contribution in [-0.2, 0) is 20.9 Å². The van der Waals surface area contributed by atoms with Crippen molar-refractivity contribution in [3.63, 3.8) is 0 Å². The summed E-state index contributed by atoms with van der Waals surface area (Å²) in [7, 11) is -3.48. The monoisotopic (exact) mass is 333 g/mol. The fourth-order valence-corrected chi connectivity index (χ4v) is 3.21. The Morgan fingerprint density at radius 2 is 1.73 bits per heavy atom. The molecule has 0 saturated heterocycles. The first kappa shape index (κ1) is 16.1. The van der Waals surface area contributed by atoms with Gasteiger partial charge in [0, 0.05) is 6.20 Å². The molecule has 0 spiro atoms. The molecule has 0 fully saturated rings. The standard InChI is InChI=1S/C13H10F3NO4S/c1-21-12(18)11-10(13(14,15)16)7-8-17(11)22(19,20)9-5-3-2-4-6-9/h2-8H,1H3. The molecule has 5 nitrogen and oxygen atoms in total. The normalized spacial score (nSPS) is 12.2. The Morgan fingerprint density at radius 3 is 2.23 bits per heavy atom. The summed E-state index contributed by atoms with van der Waals surface area (Å²) in [5, 5.41) is 0. The van der Waals surface area contributed by atoms with Crippen molar-refractivity contribution in [3.05, 3.63) is 53.9 Å². The van der Waals surface area contributed by atoms with Crippen molar-refractivity contribution < 1.29 is 31.1 Å². The van der Waals surface area contributed by atoms with E-state index in [1.54, 1.807) is 6.07 Å². The molecule has 2 rings (SSSR count). The summed E-state index contributed by atoms with van der Waals surface area (Å²) in [6.45, 7) is 0. The third kappa shape index (κ3) is 2.71. The lowest BCUT2D eigenvalue weighted by molar-refractivity contribution is -0.138. The third-order valence-electron chi connectivity index (χ3n) is 2.84. The van der Waals surface area contributed by atoms with Crippen molar-refractivity contribution in [1.29, 1.82) is 0 Å². The number of ether oxygens (including phenoxy) is 1. The molecule has 0 unspecified atom stereocenters. The molecular formula is C13H10F3NO4S. The Bertz CT molecular complexity index is 794. The SMILES string of the molecule is COC(=O)c1c(C(F)(F)F)ccn1S(=O)(=O)c1ccccc1. The van der Waals surface area contributed by atoms with E-state index in [0.717, 1.165) is 7.11 Å². The summed E-state index contributed by atoms with van der Waals surface area (Å²) >= 11 is 0. The molecule has 0 aliphatic carbocycles. The molecule has 0 N–H and O–H groups in total. The molecule has 9 heteroatoms. The van der Waals surface area contributed by atoms with Crippen molar-refractivity contribution in [1.82, 2.24) is 3.97 Å². The van der Waals surface area contributed by atoms with Gasteiger partial charge in [-0.25, -0.2) is 17.2 Å². The van der Waals surface area contributed by atoms with E-state index in [0.29, 0.717) is 12.3 Å². The molecule has 0 aliphatic heterocycles. The van der Waals surface area contributed by atoms with Gasteiger partial charge in [-0.05, 0) is 18.2 Å². The molecule has 0 aliphatic rings. The van der Waals surface area contributed by atoms with Crippen LogP contribution in [0.2, 0.25) is 0 Å². The van der Waals surface area contributed by atoms with Crippen LogP contribution in [0.5, 0.6) is 0 Å². The van der Waals surface area contributed by atoms with E-state index in [9.17, 15) is 26.4 Å². The minimum atomic E-state index is -4.89. The number of esters is 1. The number of carbonyl (C=O) groups excluding carboxylic acids is 1. The number of hydrogen-bond acceptors (Lipinski definition) is 4. The predicted octanol–water partition coefficient (Wildman–Crippen LogP) is 2.53. The molecule has 0 atom stereocenters. The molecule has 1 aromatic heterocycles. The summed E-state index contributed by atoms with van der Waals surface area (Å²) in [5.41, 5.74) is -2.46. The number of benzene rings is 1. The van der Waals surface area contributed by atoms with Gasteiger partial charge in [0.15, 0.2) is 5.69 Å². The van der Waals surface area contributed by atoms with E-state index in [2.05, 4.69) is 4.74 Å². The molecular weight excluding hydrogens is 323 g/mol. The van der Waals surface area contributed by atoms with Crippen molar-refractivity contribution in [2.24, 2.45) is 0 Å². The van der Waals surface area contributed by atoms with E-state index in [-0.39, 0.29) is 8.87 Å². The lowest BCUT2D eigenvalue weighted by Gasteiger charge is -2.12. The second kappa shape index (κ2) is 5.48. The van der Waals surface area contributed by atoms with E-state index >= 15 is 0 Å². The molecule has 1 heterocycles. The van der Waals surface area contributed by atoms with Gasteiger partial charge in [-0.3, -0.25) is 0 Å². The van der Waals surface area contributed by atoms with Crippen molar-refractivity contribution in [3.8, 4) is 0 Å². The Labute approximate surface area is 124 Å². The summed E-state index contributed by atoms with van der Waals surface area (Å²) in [5.74, 6) is -1.39. The second-order valence-corrected chi connectivity index (χ2v) is 6.00. The maximum absolute atomic E-state index is 12.9. The predicted molar refractivity (Wildman–Crippen MR) is 69.8 cm³/mol. The Morgan fingerprint density at radius 1 is 1.14 bits per heavy atom. The average Bonchev–Trinajstić information content (AvgIpc) is 2.93. The number of aromatic nitrogens is 1. The molecule has 0 amide bonds. The van der Waals surface area contributed by atoms with Crippen molar-refractivity contribution in [2.45, 2.75) is 11.1 Å². The van der Waals surface area contributed by atoms with Gasteiger partial charge in [0.05, 0.1) is 17.6 Å². The third-order valence-corrected chi connectivity index (χ3v) is 4.53. The van der Waals surface area contributed by atoms with Gasteiger partial charge in [0.25, 0.3) is 10.0 Å². The Balaban J connectivity index is 2.72. The Kier molecular flexibility index (Phi) is 4.01. The number of rotatable bonds is 3. The molecule has 0 radical (unpaired) electrons. The first-order chi connectivity index (χ1) is 10.2. The summed E-state index contributed by atoms with van der Waals surface area (Å²) in [6, 6.07) is 7.33. The molecule has 1 aromatic carbocycles. The van der Waals surface area contributed by atoms with Gasteiger partial charge in [0.2, 0.25) is 0 Å². The number of alkyl halides is 3. The zero-order valence-corrected chi connectivity index (χ0v) is 12.0. The molecule has 118 valence electrons. The van der Waals surface area contributed by atoms with Gasteiger partial charge < -0.3 is 4.74 Å². The summed E-state index contributed by atoms with van der Waals surface area (Å²) in [4.78, 5) is 11.4. The molecule has 0 bridgehead atoms. The van der Waals surface area contributed by atoms with Crippen LogP contribution in [0.15, 0.2) is 47.5 Å². The highest BCUT2D eigenvalue weighted by Gasteiger charge is 2.40. The molecule has 0 saturated carbocycles. The lowest BCUT2D eigenvalue weighted by atomic mass is 10.2. The zero-order chi connectivity index (χ0) is 16.5. The maximum atomic E-state index is 12.9. The van der Waals surface area contributed by atoms with Crippen LogP contribution in [0.3, 0.4) is 0 Å². The number of halogens is 3. The van der Waals surface area contributed by atoms with Gasteiger partial charge in [-0.1, -0.05) is 18.2 Å². The molecule has 2 aromatic rings. The highest BCUT2D eigenvalue weighted by Crippen LogP contribution is 2.34. The molecule has 22 heavy (non-hydrogen) atoms. The first-order valence-electron chi connectivity index (χ1n) is 5.87. The summed E-state index contributed by atoms with van der Waals surface area (Å²) < 4.78 is 68.2. The highest BCUT2D eigenvalue weighted by atomic mass is 32.2. The Hall–Kier alpha value is -2.29. The van der Waals surface area contributed by atoms with E-state index in [4.69, 9.17) is 0 Å². The van der Waals surface area contributed by atoms with Crippen LogP contribution in [-0.4, -0.2) is 25.5 Å². The summed E-state index contributed by atoms with van der Waals surface area (Å²) in [6.07, 6.45) is -4.21. The zero-order valence-electron chi connectivity index (χ0n) is 11.2. The van der Waals surface area contributed by atoms with Crippen LogP contribution < -0.4 is 0 Å². The second-order valence-electron chi connectivity index (χ2n) is 4.18. The largest absolute Gasteiger partial charge is 0.464 e. The lowest BCUT2D eigenvalue weighted by Crippen LogP contribution is -2.22. The van der Waals surface area contributed by atoms with Gasteiger partial charge in [-0.15, -0.1) is 0 Å². The minimum Gasteiger partial charge on any atom is -0.464 e. The quantitative estimate of drug-likeness (QED) is 0.810. The van der Waals surface area contributed by atoms with Crippen molar-refractivity contribution in [2.75, 3.05) is 7.11 Å². The minimum absolute atomic E-state index is 0.246. The van der Waals surface area contributed by atoms with Crippen LogP contribution in [0.25, 0.3) is 0 Å². The van der Waals surface area contributed by atoms with E-state index in [1.165, 1.54) is 24.3 Å². The maximum Gasteiger partial charge on any atom is 0.418 e. The van der Waals surface area contributed by atoms with Crippen LogP contribution >= 0.6 is 0 Å². The fraction of sp³-hybridized carbons (Fsp3) is 0.154. The number of methoxy groups -OCH3 is 1. The van der Waals surface area contributed by atoms with Crippen molar-refractivity contribution >= 4 is 16.0 Å². The van der Waals surface area contributed by atoms with Crippen LogP contribution in [0.4, 0.5) is 13.2 Å². The van der Waals surface area contributed by atoms with Gasteiger partial charge in [0.1, 0.15) is 0 Å². The van der Waals surface area contributed by atoms with E-state index in [1.807, 2.05) is 0 Å².